The van der Waals surface area contributed by atoms with Crippen molar-refractivity contribution in [2.75, 3.05) is 5.73 Å². The maximum atomic E-state index is 11.1. The lowest BCUT2D eigenvalue weighted by Gasteiger charge is -2.19. The van der Waals surface area contributed by atoms with Crippen molar-refractivity contribution in [1.29, 1.82) is 0 Å². The van der Waals surface area contributed by atoms with Crippen molar-refractivity contribution in [3.05, 3.63) is 53.6 Å². The Morgan fingerprint density at radius 3 is 2.14 bits per heavy atom. The molecule has 4 heteroatoms. The number of hydrogen-bond acceptors (Lipinski definition) is 3. The largest absolute Gasteiger partial charge is 0.455 e. The van der Waals surface area contributed by atoms with E-state index < -0.39 is 5.91 Å². The zero-order valence-corrected chi connectivity index (χ0v) is 12.5. The van der Waals surface area contributed by atoms with E-state index in [0.29, 0.717) is 22.7 Å². The van der Waals surface area contributed by atoms with Crippen molar-refractivity contribution in [3.63, 3.8) is 0 Å². The molecule has 110 valence electrons. The minimum absolute atomic E-state index is 0.0979. The Morgan fingerprint density at radius 2 is 1.67 bits per heavy atom. The molecule has 0 unspecified atom stereocenters. The van der Waals surface area contributed by atoms with Gasteiger partial charge in [-0.05, 0) is 41.3 Å². The van der Waals surface area contributed by atoms with Crippen LogP contribution in [0, 0.1) is 0 Å². The summed E-state index contributed by atoms with van der Waals surface area (Å²) in [5.41, 5.74) is 13.2. The van der Waals surface area contributed by atoms with Crippen molar-refractivity contribution in [2.45, 2.75) is 26.2 Å². The predicted octanol–water partition coefficient (Wildman–Crippen LogP) is 3.46. The van der Waals surface area contributed by atoms with Gasteiger partial charge in [-0.15, -0.1) is 0 Å². The molecule has 0 aromatic heterocycles. The van der Waals surface area contributed by atoms with Crippen LogP contribution < -0.4 is 16.2 Å². The number of benzene rings is 2. The van der Waals surface area contributed by atoms with Gasteiger partial charge in [-0.25, -0.2) is 0 Å². The summed E-state index contributed by atoms with van der Waals surface area (Å²) in [5, 5.41) is 0. The quantitative estimate of drug-likeness (QED) is 0.847. The van der Waals surface area contributed by atoms with E-state index in [1.807, 2.05) is 24.3 Å². The molecule has 2 aromatic carbocycles. The second-order valence-corrected chi connectivity index (χ2v) is 5.99. The average Bonchev–Trinajstić information content (AvgIpc) is 2.40. The molecule has 0 spiro atoms. The van der Waals surface area contributed by atoms with Crippen molar-refractivity contribution in [1.82, 2.24) is 0 Å². The van der Waals surface area contributed by atoms with Gasteiger partial charge in [0.15, 0.2) is 0 Å². The fraction of sp³-hybridized carbons (Fsp3) is 0.235. The molecule has 0 bridgehead atoms. The third-order valence-electron chi connectivity index (χ3n) is 3.24. The van der Waals surface area contributed by atoms with Gasteiger partial charge in [-0.3, -0.25) is 4.79 Å². The van der Waals surface area contributed by atoms with Crippen molar-refractivity contribution in [2.24, 2.45) is 5.73 Å². The number of rotatable bonds is 3. The smallest absolute Gasteiger partial charge is 0.248 e. The van der Waals surface area contributed by atoms with E-state index in [0.717, 1.165) is 0 Å². The summed E-state index contributed by atoms with van der Waals surface area (Å²) in [6.07, 6.45) is 0. The Labute approximate surface area is 124 Å². The summed E-state index contributed by atoms with van der Waals surface area (Å²) in [7, 11) is 0. The normalized spacial score (nSPS) is 11.2. The number of hydrogen-bond donors (Lipinski definition) is 2. The zero-order chi connectivity index (χ0) is 15.6. The van der Waals surface area contributed by atoms with Crippen LogP contribution in [0.3, 0.4) is 0 Å². The van der Waals surface area contributed by atoms with E-state index >= 15 is 0 Å². The van der Waals surface area contributed by atoms with Crippen LogP contribution in [0.4, 0.5) is 5.69 Å². The lowest BCUT2D eigenvalue weighted by Crippen LogP contribution is -2.11. The number of nitrogens with two attached hydrogens (primary N) is 2. The van der Waals surface area contributed by atoms with Gasteiger partial charge in [-0.2, -0.15) is 0 Å². The Kier molecular flexibility index (Phi) is 3.89. The summed E-state index contributed by atoms with van der Waals surface area (Å²) >= 11 is 0. The molecule has 0 saturated carbocycles. The van der Waals surface area contributed by atoms with Gasteiger partial charge in [0.1, 0.15) is 11.5 Å². The zero-order valence-electron chi connectivity index (χ0n) is 12.5. The number of amides is 1. The first-order valence-electron chi connectivity index (χ1n) is 6.75. The van der Waals surface area contributed by atoms with Crippen molar-refractivity contribution in [3.8, 4) is 11.5 Å². The van der Waals surface area contributed by atoms with Gasteiger partial charge >= 0.3 is 0 Å². The maximum absolute atomic E-state index is 11.1. The van der Waals surface area contributed by atoms with Crippen LogP contribution in [0.25, 0.3) is 0 Å². The van der Waals surface area contributed by atoms with Gasteiger partial charge in [0.2, 0.25) is 5.91 Å². The summed E-state index contributed by atoms with van der Waals surface area (Å²) < 4.78 is 5.73. The molecule has 0 aliphatic rings. The van der Waals surface area contributed by atoms with Crippen LogP contribution in [0.5, 0.6) is 11.5 Å². The van der Waals surface area contributed by atoms with Gasteiger partial charge in [-0.1, -0.05) is 32.9 Å². The number of carbonyl (C=O) groups excluding carboxylic acids is 1. The summed E-state index contributed by atoms with van der Waals surface area (Å²) in [4.78, 5) is 11.1. The molecule has 0 saturated heterocycles. The van der Waals surface area contributed by atoms with E-state index in [9.17, 15) is 4.79 Å². The topological polar surface area (TPSA) is 78.3 Å². The molecule has 0 atom stereocenters. The minimum atomic E-state index is -0.511. The van der Waals surface area contributed by atoms with Gasteiger partial charge < -0.3 is 16.2 Å². The van der Waals surface area contributed by atoms with Crippen LogP contribution in [-0.2, 0) is 5.41 Å². The van der Waals surface area contributed by atoms with Gasteiger partial charge in [0.25, 0.3) is 0 Å². The van der Waals surface area contributed by atoms with E-state index in [-0.39, 0.29) is 5.41 Å². The van der Waals surface area contributed by atoms with E-state index in [1.54, 1.807) is 12.1 Å². The Bertz CT molecular complexity index is 655. The second kappa shape index (κ2) is 5.48. The Balaban J connectivity index is 2.20. The number of carbonyl (C=O) groups is 1. The first-order valence-corrected chi connectivity index (χ1v) is 6.75. The first-order chi connectivity index (χ1) is 9.77. The van der Waals surface area contributed by atoms with Crippen molar-refractivity contribution >= 4 is 11.6 Å². The highest BCUT2D eigenvalue weighted by molar-refractivity contribution is 5.94. The van der Waals surface area contributed by atoms with Gasteiger partial charge in [0, 0.05) is 5.56 Å². The molecule has 0 aliphatic heterocycles. The van der Waals surface area contributed by atoms with Crippen LogP contribution in [0.2, 0.25) is 0 Å². The molecule has 4 nitrogen and oxygen atoms in total. The fourth-order valence-corrected chi connectivity index (χ4v) is 1.94. The molecule has 2 rings (SSSR count). The summed E-state index contributed by atoms with van der Waals surface area (Å²) in [5.74, 6) is 0.688. The molecule has 4 N–H and O–H groups in total. The predicted molar refractivity (Wildman–Crippen MR) is 84.6 cm³/mol. The molecule has 0 radical (unpaired) electrons. The van der Waals surface area contributed by atoms with Crippen LogP contribution in [0.15, 0.2) is 42.5 Å². The van der Waals surface area contributed by atoms with Crippen molar-refractivity contribution < 1.29 is 9.53 Å². The SMILES string of the molecule is CC(C)(C)c1ccc(Oc2ccc(C(N)=O)cc2N)cc1. The van der Waals surface area contributed by atoms with Crippen LogP contribution in [0.1, 0.15) is 36.7 Å². The summed E-state index contributed by atoms with van der Waals surface area (Å²) in [6.45, 7) is 6.47. The average molecular weight is 284 g/mol. The number of primary amides is 1. The fourth-order valence-electron chi connectivity index (χ4n) is 1.94. The number of nitrogen functional groups attached to an aromatic ring is 1. The van der Waals surface area contributed by atoms with Crippen LogP contribution in [-0.4, -0.2) is 5.91 Å². The molecular formula is C17H20N2O2. The van der Waals surface area contributed by atoms with E-state index in [1.165, 1.54) is 11.6 Å². The minimum Gasteiger partial charge on any atom is -0.455 e. The lowest BCUT2D eigenvalue weighted by molar-refractivity contribution is 0.100. The number of ether oxygens (including phenoxy) is 1. The monoisotopic (exact) mass is 284 g/mol. The molecule has 0 aliphatic carbocycles. The lowest BCUT2D eigenvalue weighted by atomic mass is 9.87. The highest BCUT2D eigenvalue weighted by Gasteiger charge is 2.13. The molecule has 0 heterocycles. The molecule has 0 fully saturated rings. The highest BCUT2D eigenvalue weighted by Crippen LogP contribution is 2.30. The molecule has 1 amide bonds. The molecule has 2 aromatic rings. The Hall–Kier alpha value is -2.49. The summed E-state index contributed by atoms with van der Waals surface area (Å²) in [6, 6.07) is 12.6. The standard InChI is InChI=1S/C17H20N2O2/c1-17(2,3)12-5-7-13(8-6-12)21-15-9-4-11(16(19)20)10-14(15)18/h4-10H,18H2,1-3H3,(H2,19,20). The highest BCUT2D eigenvalue weighted by atomic mass is 16.5. The maximum Gasteiger partial charge on any atom is 0.248 e. The molecular weight excluding hydrogens is 264 g/mol. The van der Waals surface area contributed by atoms with E-state index in [2.05, 4.69) is 20.8 Å². The van der Waals surface area contributed by atoms with E-state index in [4.69, 9.17) is 16.2 Å². The third-order valence-corrected chi connectivity index (χ3v) is 3.24. The van der Waals surface area contributed by atoms with Crippen LogP contribution >= 0.6 is 0 Å². The second-order valence-electron chi connectivity index (χ2n) is 5.99. The van der Waals surface area contributed by atoms with Gasteiger partial charge in [0.05, 0.1) is 5.69 Å². The third kappa shape index (κ3) is 3.54. The molecule has 21 heavy (non-hydrogen) atoms. The number of anilines is 1. The Morgan fingerprint density at radius 1 is 1.05 bits per heavy atom. The first kappa shape index (κ1) is 14.9.